The van der Waals surface area contributed by atoms with Crippen molar-refractivity contribution in [3.05, 3.63) is 35.9 Å². The predicted molar refractivity (Wildman–Crippen MR) is 66.0 cm³/mol. The number of hydrogen-bond donors (Lipinski definition) is 2. The third-order valence-electron chi connectivity index (χ3n) is 2.17. The largest absolute Gasteiger partial charge is 0.322 e. The average molecular weight is 254 g/mol. The molecule has 6 heteroatoms. The third kappa shape index (κ3) is 3.40. The summed E-state index contributed by atoms with van der Waals surface area (Å²) < 4.78 is 22.5. The zero-order valence-electron chi connectivity index (χ0n) is 9.60. The first-order valence-corrected chi connectivity index (χ1v) is 6.47. The molecule has 1 aromatic carbocycles. The van der Waals surface area contributed by atoms with Crippen LogP contribution in [0.5, 0.6) is 0 Å². The Morgan fingerprint density at radius 2 is 2.06 bits per heavy atom. The van der Waals surface area contributed by atoms with Crippen LogP contribution in [0.2, 0.25) is 0 Å². The lowest BCUT2D eigenvalue weighted by Crippen LogP contribution is -2.16. The number of allylic oxidation sites excluding steroid dienone is 1. The molecule has 0 fully saturated rings. The van der Waals surface area contributed by atoms with E-state index in [0.29, 0.717) is 11.3 Å². The number of rotatable bonds is 3. The van der Waals surface area contributed by atoms with E-state index in [9.17, 15) is 13.2 Å². The second kappa shape index (κ2) is 5.11. The molecule has 92 valence electrons. The van der Waals surface area contributed by atoms with Gasteiger partial charge in [-0.2, -0.15) is 0 Å². The third-order valence-corrected chi connectivity index (χ3v) is 3.22. The number of benzene rings is 1. The molecule has 3 N–H and O–H groups in total. The van der Waals surface area contributed by atoms with Gasteiger partial charge in [0, 0.05) is 5.69 Å². The maximum atomic E-state index is 11.3. The van der Waals surface area contributed by atoms with E-state index in [4.69, 9.17) is 5.14 Å². The van der Waals surface area contributed by atoms with Gasteiger partial charge in [0.1, 0.15) is 0 Å². The first-order valence-electron chi connectivity index (χ1n) is 4.92. The fourth-order valence-corrected chi connectivity index (χ4v) is 2.19. The quantitative estimate of drug-likeness (QED) is 0.793. The number of amides is 1. The summed E-state index contributed by atoms with van der Waals surface area (Å²) in [6, 6.07) is 4.54. The van der Waals surface area contributed by atoms with Gasteiger partial charge in [-0.3, -0.25) is 4.79 Å². The molecule has 0 aromatic heterocycles. The van der Waals surface area contributed by atoms with Crippen molar-refractivity contribution in [1.82, 2.24) is 0 Å². The summed E-state index contributed by atoms with van der Waals surface area (Å²) in [5, 5.41) is 7.64. The first kappa shape index (κ1) is 13.4. The summed E-state index contributed by atoms with van der Waals surface area (Å²) in [6.07, 6.45) is 2.94. The highest BCUT2D eigenvalue weighted by molar-refractivity contribution is 7.89. The van der Waals surface area contributed by atoms with E-state index in [1.807, 2.05) is 0 Å². The Balaban J connectivity index is 3.16. The van der Waals surface area contributed by atoms with Crippen molar-refractivity contribution < 1.29 is 13.2 Å². The number of carbonyl (C=O) groups excluding carboxylic acids is 1. The van der Waals surface area contributed by atoms with Crippen LogP contribution in [0, 0.1) is 6.92 Å². The van der Waals surface area contributed by atoms with Crippen LogP contribution in [0.1, 0.15) is 12.5 Å². The lowest BCUT2D eigenvalue weighted by molar-refractivity contribution is -0.111. The number of anilines is 1. The second-order valence-corrected chi connectivity index (χ2v) is 4.99. The molecule has 1 aromatic rings. The molecule has 0 aliphatic rings. The first-order chi connectivity index (χ1) is 7.86. The summed E-state index contributed by atoms with van der Waals surface area (Å²) in [5.74, 6) is -0.317. The van der Waals surface area contributed by atoms with E-state index in [0.717, 1.165) is 0 Å². The molecule has 5 nitrogen and oxygen atoms in total. The molecule has 0 saturated carbocycles. The van der Waals surface area contributed by atoms with Crippen LogP contribution in [-0.2, 0) is 14.8 Å². The highest BCUT2D eigenvalue weighted by Gasteiger charge is 2.14. The van der Waals surface area contributed by atoms with Gasteiger partial charge in [0.15, 0.2) is 0 Å². The zero-order valence-corrected chi connectivity index (χ0v) is 10.4. The van der Waals surface area contributed by atoms with E-state index < -0.39 is 10.0 Å². The lowest BCUT2D eigenvalue weighted by Gasteiger charge is -2.09. The SMILES string of the molecule is C/C=C/C(=O)Nc1cccc(S(N)(=O)=O)c1C. The van der Waals surface area contributed by atoms with Crippen molar-refractivity contribution in [3.63, 3.8) is 0 Å². The molecule has 0 atom stereocenters. The standard InChI is InChI=1S/C11H14N2O3S/c1-3-5-11(14)13-9-6-4-7-10(8(9)2)17(12,15)16/h3-7H,1-2H3,(H,13,14)(H2,12,15,16)/b5-3+. The fourth-order valence-electron chi connectivity index (χ4n) is 1.38. The van der Waals surface area contributed by atoms with Crippen LogP contribution in [0.25, 0.3) is 0 Å². The summed E-state index contributed by atoms with van der Waals surface area (Å²) in [6.45, 7) is 3.30. The minimum Gasteiger partial charge on any atom is -0.322 e. The number of nitrogens with one attached hydrogen (secondary N) is 1. The van der Waals surface area contributed by atoms with Crippen LogP contribution < -0.4 is 10.5 Å². The van der Waals surface area contributed by atoms with Crippen molar-refractivity contribution in [2.45, 2.75) is 18.7 Å². The van der Waals surface area contributed by atoms with Crippen LogP contribution in [0.3, 0.4) is 0 Å². The molecule has 0 heterocycles. The summed E-state index contributed by atoms with van der Waals surface area (Å²) in [7, 11) is -3.77. The number of sulfonamides is 1. The van der Waals surface area contributed by atoms with Crippen LogP contribution in [0.4, 0.5) is 5.69 Å². The fraction of sp³-hybridized carbons (Fsp3) is 0.182. The van der Waals surface area contributed by atoms with Gasteiger partial charge in [-0.1, -0.05) is 12.1 Å². The van der Waals surface area contributed by atoms with E-state index in [1.54, 1.807) is 26.0 Å². The Morgan fingerprint density at radius 3 is 2.59 bits per heavy atom. The van der Waals surface area contributed by atoms with Gasteiger partial charge in [0.2, 0.25) is 15.9 Å². The molecular weight excluding hydrogens is 240 g/mol. The minimum absolute atomic E-state index is 0.00998. The van der Waals surface area contributed by atoms with E-state index >= 15 is 0 Å². The number of primary sulfonamides is 1. The predicted octanol–water partition coefficient (Wildman–Crippen LogP) is 1.16. The summed E-state index contributed by atoms with van der Waals surface area (Å²) in [5.41, 5.74) is 0.854. The van der Waals surface area contributed by atoms with E-state index in [2.05, 4.69) is 5.32 Å². The van der Waals surface area contributed by atoms with E-state index in [1.165, 1.54) is 18.2 Å². The molecule has 17 heavy (non-hydrogen) atoms. The summed E-state index contributed by atoms with van der Waals surface area (Å²) >= 11 is 0. The van der Waals surface area contributed by atoms with E-state index in [-0.39, 0.29) is 10.8 Å². The smallest absolute Gasteiger partial charge is 0.248 e. The highest BCUT2D eigenvalue weighted by atomic mass is 32.2. The molecule has 1 rings (SSSR count). The van der Waals surface area contributed by atoms with Crippen molar-refractivity contribution in [1.29, 1.82) is 0 Å². The molecule has 0 spiro atoms. The number of nitrogens with two attached hydrogens (primary N) is 1. The average Bonchev–Trinajstić information content (AvgIpc) is 2.19. The van der Waals surface area contributed by atoms with Crippen molar-refractivity contribution in [2.24, 2.45) is 5.14 Å². The molecule has 0 bridgehead atoms. The Kier molecular flexibility index (Phi) is 4.03. The van der Waals surface area contributed by atoms with Crippen molar-refractivity contribution in [3.8, 4) is 0 Å². The molecule has 1 amide bonds. The maximum Gasteiger partial charge on any atom is 0.248 e. The van der Waals surface area contributed by atoms with Gasteiger partial charge >= 0.3 is 0 Å². The number of hydrogen-bond acceptors (Lipinski definition) is 3. The molecule has 0 saturated heterocycles. The van der Waals surface area contributed by atoms with Crippen LogP contribution >= 0.6 is 0 Å². The van der Waals surface area contributed by atoms with Crippen LogP contribution in [-0.4, -0.2) is 14.3 Å². The highest BCUT2D eigenvalue weighted by Crippen LogP contribution is 2.21. The van der Waals surface area contributed by atoms with Crippen molar-refractivity contribution >= 4 is 21.6 Å². The zero-order chi connectivity index (χ0) is 13.1. The Morgan fingerprint density at radius 1 is 1.41 bits per heavy atom. The minimum atomic E-state index is -3.77. The van der Waals surface area contributed by atoms with Gasteiger partial charge in [0.25, 0.3) is 0 Å². The Labute approximate surface area is 100 Å². The Hall–Kier alpha value is -1.66. The monoisotopic (exact) mass is 254 g/mol. The van der Waals surface area contributed by atoms with Crippen molar-refractivity contribution in [2.75, 3.05) is 5.32 Å². The molecule has 0 aliphatic heterocycles. The molecule has 0 radical (unpaired) electrons. The lowest BCUT2D eigenvalue weighted by atomic mass is 10.2. The van der Waals surface area contributed by atoms with Gasteiger partial charge < -0.3 is 5.32 Å². The molecule has 0 unspecified atom stereocenters. The maximum absolute atomic E-state index is 11.3. The van der Waals surface area contributed by atoms with Gasteiger partial charge in [-0.25, -0.2) is 13.6 Å². The normalized spacial score (nSPS) is 11.7. The van der Waals surface area contributed by atoms with Gasteiger partial charge in [-0.15, -0.1) is 0 Å². The molecule has 0 aliphatic carbocycles. The van der Waals surface area contributed by atoms with Gasteiger partial charge in [0.05, 0.1) is 4.90 Å². The summed E-state index contributed by atoms with van der Waals surface area (Å²) in [4.78, 5) is 11.4. The Bertz CT molecular complexity index is 562. The molecular formula is C11H14N2O3S. The second-order valence-electron chi connectivity index (χ2n) is 3.46. The van der Waals surface area contributed by atoms with Crippen LogP contribution in [0.15, 0.2) is 35.2 Å². The topological polar surface area (TPSA) is 89.3 Å². The number of carbonyl (C=O) groups is 1. The van der Waals surface area contributed by atoms with Gasteiger partial charge in [-0.05, 0) is 37.6 Å².